The zero-order valence-electron chi connectivity index (χ0n) is 10.9. The van der Waals surface area contributed by atoms with E-state index in [4.69, 9.17) is 0 Å². The number of pyridine rings is 1. The molecule has 0 bridgehead atoms. The summed E-state index contributed by atoms with van der Waals surface area (Å²) in [7, 11) is 0. The number of aromatic nitrogens is 1. The van der Waals surface area contributed by atoms with Gasteiger partial charge in [0.2, 0.25) is 0 Å². The van der Waals surface area contributed by atoms with Crippen molar-refractivity contribution in [3.8, 4) is 5.75 Å². The lowest BCUT2D eigenvalue weighted by Gasteiger charge is -2.07. The molecule has 1 aromatic carbocycles. The number of benzene rings is 1. The Morgan fingerprint density at radius 3 is 2.89 bits per heavy atom. The van der Waals surface area contributed by atoms with Crippen LogP contribution in [-0.4, -0.2) is 16.6 Å². The SMILES string of the molecule is Cc1ccc(O)c(CNCCc2cccc(F)c2)n1. The molecule has 2 N–H and O–H groups in total. The van der Waals surface area contributed by atoms with Gasteiger partial charge in [0, 0.05) is 12.2 Å². The molecular formula is C15H17FN2O. The molecule has 1 aromatic heterocycles. The second-order valence-electron chi connectivity index (χ2n) is 4.48. The van der Waals surface area contributed by atoms with Crippen LogP contribution < -0.4 is 5.32 Å². The number of nitrogens with one attached hydrogen (secondary N) is 1. The van der Waals surface area contributed by atoms with E-state index in [9.17, 15) is 9.50 Å². The van der Waals surface area contributed by atoms with Gasteiger partial charge in [0.15, 0.2) is 0 Å². The minimum Gasteiger partial charge on any atom is -0.506 e. The van der Waals surface area contributed by atoms with Gasteiger partial charge in [0.1, 0.15) is 11.6 Å². The number of hydrogen-bond acceptors (Lipinski definition) is 3. The molecule has 3 nitrogen and oxygen atoms in total. The minimum absolute atomic E-state index is 0.198. The molecule has 0 aliphatic carbocycles. The number of nitrogens with zero attached hydrogens (tertiary/aromatic N) is 1. The van der Waals surface area contributed by atoms with Crippen LogP contribution in [0.25, 0.3) is 0 Å². The van der Waals surface area contributed by atoms with E-state index < -0.39 is 0 Å². The predicted molar refractivity (Wildman–Crippen MR) is 72.4 cm³/mol. The summed E-state index contributed by atoms with van der Waals surface area (Å²) in [6, 6.07) is 9.99. The molecule has 100 valence electrons. The third-order valence-corrected chi connectivity index (χ3v) is 2.86. The average Bonchev–Trinajstić information content (AvgIpc) is 2.39. The summed E-state index contributed by atoms with van der Waals surface area (Å²) in [5.41, 5.74) is 2.47. The lowest BCUT2D eigenvalue weighted by molar-refractivity contribution is 0.459. The molecule has 0 radical (unpaired) electrons. The summed E-state index contributed by atoms with van der Waals surface area (Å²) in [6.45, 7) is 3.09. The fourth-order valence-electron chi connectivity index (χ4n) is 1.87. The van der Waals surface area contributed by atoms with E-state index in [0.717, 1.165) is 17.7 Å². The van der Waals surface area contributed by atoms with Crippen molar-refractivity contribution in [2.24, 2.45) is 0 Å². The summed E-state index contributed by atoms with van der Waals surface area (Å²) < 4.78 is 13.0. The van der Waals surface area contributed by atoms with Gasteiger partial charge in [-0.2, -0.15) is 0 Å². The molecule has 0 atom stereocenters. The molecule has 0 saturated carbocycles. The van der Waals surface area contributed by atoms with E-state index in [1.807, 2.05) is 13.0 Å². The Kier molecular flexibility index (Phi) is 4.47. The highest BCUT2D eigenvalue weighted by molar-refractivity contribution is 5.27. The fourth-order valence-corrected chi connectivity index (χ4v) is 1.87. The number of aryl methyl sites for hydroxylation is 1. The molecule has 2 aromatic rings. The monoisotopic (exact) mass is 260 g/mol. The zero-order chi connectivity index (χ0) is 13.7. The first kappa shape index (κ1) is 13.5. The van der Waals surface area contributed by atoms with Crippen LogP contribution in [0.3, 0.4) is 0 Å². The first-order valence-corrected chi connectivity index (χ1v) is 6.26. The van der Waals surface area contributed by atoms with Gasteiger partial charge >= 0.3 is 0 Å². The highest BCUT2D eigenvalue weighted by atomic mass is 19.1. The van der Waals surface area contributed by atoms with Gasteiger partial charge in [0.05, 0.1) is 5.69 Å². The van der Waals surface area contributed by atoms with Crippen LogP contribution in [0.15, 0.2) is 36.4 Å². The standard InChI is InChI=1S/C15H17FN2O/c1-11-5-6-15(19)14(18-11)10-17-8-7-12-3-2-4-13(16)9-12/h2-6,9,17,19H,7-8,10H2,1H3. The second kappa shape index (κ2) is 6.29. The van der Waals surface area contributed by atoms with Crippen LogP contribution in [0.5, 0.6) is 5.75 Å². The third-order valence-electron chi connectivity index (χ3n) is 2.86. The first-order chi connectivity index (χ1) is 9.15. The molecule has 19 heavy (non-hydrogen) atoms. The number of rotatable bonds is 5. The van der Waals surface area contributed by atoms with Crippen LogP contribution >= 0.6 is 0 Å². The normalized spacial score (nSPS) is 10.6. The van der Waals surface area contributed by atoms with Crippen LogP contribution in [0.1, 0.15) is 17.0 Å². The quantitative estimate of drug-likeness (QED) is 0.812. The van der Waals surface area contributed by atoms with Gasteiger partial charge in [-0.15, -0.1) is 0 Å². The Hall–Kier alpha value is -1.94. The highest BCUT2D eigenvalue weighted by Crippen LogP contribution is 2.14. The summed E-state index contributed by atoms with van der Waals surface area (Å²) in [5.74, 6) is -0.0145. The molecule has 0 spiro atoms. The summed E-state index contributed by atoms with van der Waals surface area (Å²) in [4.78, 5) is 4.26. The molecule has 1 heterocycles. The van der Waals surface area contributed by atoms with E-state index in [0.29, 0.717) is 18.8 Å². The smallest absolute Gasteiger partial charge is 0.138 e. The highest BCUT2D eigenvalue weighted by Gasteiger charge is 2.02. The van der Waals surface area contributed by atoms with Gasteiger partial charge in [-0.05, 0) is 49.7 Å². The van der Waals surface area contributed by atoms with Crippen molar-refractivity contribution >= 4 is 0 Å². The Morgan fingerprint density at radius 2 is 2.11 bits per heavy atom. The third kappa shape index (κ3) is 4.03. The van der Waals surface area contributed by atoms with Crippen molar-refractivity contribution in [3.63, 3.8) is 0 Å². The topological polar surface area (TPSA) is 45.1 Å². The van der Waals surface area contributed by atoms with Gasteiger partial charge in [-0.25, -0.2) is 4.39 Å². The van der Waals surface area contributed by atoms with Crippen LogP contribution in [-0.2, 0) is 13.0 Å². The van der Waals surface area contributed by atoms with E-state index in [2.05, 4.69) is 10.3 Å². The van der Waals surface area contributed by atoms with E-state index in [1.54, 1.807) is 18.2 Å². The number of aromatic hydroxyl groups is 1. The molecule has 2 rings (SSSR count). The van der Waals surface area contributed by atoms with Crippen LogP contribution in [0.2, 0.25) is 0 Å². The van der Waals surface area contributed by atoms with Crippen molar-refractivity contribution in [2.45, 2.75) is 19.9 Å². The molecule has 0 amide bonds. The molecular weight excluding hydrogens is 243 g/mol. The van der Waals surface area contributed by atoms with Crippen molar-refractivity contribution in [1.82, 2.24) is 10.3 Å². The zero-order valence-corrected chi connectivity index (χ0v) is 10.9. The van der Waals surface area contributed by atoms with E-state index in [1.165, 1.54) is 12.1 Å². The molecule has 0 saturated heterocycles. The summed E-state index contributed by atoms with van der Waals surface area (Å²) in [6.07, 6.45) is 0.740. The lowest BCUT2D eigenvalue weighted by Crippen LogP contribution is -2.17. The Balaban J connectivity index is 1.82. The number of halogens is 1. The van der Waals surface area contributed by atoms with Gasteiger partial charge < -0.3 is 10.4 Å². The molecule has 0 aliphatic rings. The Bertz CT molecular complexity index is 558. The Morgan fingerprint density at radius 1 is 1.26 bits per heavy atom. The van der Waals surface area contributed by atoms with Crippen molar-refractivity contribution in [3.05, 3.63) is 59.2 Å². The fraction of sp³-hybridized carbons (Fsp3) is 0.267. The van der Waals surface area contributed by atoms with Gasteiger partial charge in [0.25, 0.3) is 0 Å². The number of hydrogen-bond donors (Lipinski definition) is 2. The van der Waals surface area contributed by atoms with Gasteiger partial charge in [-0.1, -0.05) is 12.1 Å². The van der Waals surface area contributed by atoms with Crippen molar-refractivity contribution in [1.29, 1.82) is 0 Å². The maximum atomic E-state index is 13.0. The predicted octanol–water partition coefficient (Wildman–Crippen LogP) is 2.57. The maximum Gasteiger partial charge on any atom is 0.138 e. The second-order valence-corrected chi connectivity index (χ2v) is 4.48. The van der Waals surface area contributed by atoms with Crippen molar-refractivity contribution < 1.29 is 9.50 Å². The summed E-state index contributed by atoms with van der Waals surface area (Å²) in [5, 5.41) is 12.8. The largest absolute Gasteiger partial charge is 0.506 e. The van der Waals surface area contributed by atoms with E-state index in [-0.39, 0.29) is 11.6 Å². The lowest BCUT2D eigenvalue weighted by atomic mass is 10.1. The van der Waals surface area contributed by atoms with Gasteiger partial charge in [-0.3, -0.25) is 4.98 Å². The van der Waals surface area contributed by atoms with Crippen LogP contribution in [0.4, 0.5) is 4.39 Å². The molecule has 4 heteroatoms. The first-order valence-electron chi connectivity index (χ1n) is 6.26. The van der Waals surface area contributed by atoms with Crippen molar-refractivity contribution in [2.75, 3.05) is 6.54 Å². The molecule has 0 unspecified atom stereocenters. The molecule has 0 aliphatic heterocycles. The Labute approximate surface area is 112 Å². The van der Waals surface area contributed by atoms with Crippen LogP contribution in [0, 0.1) is 12.7 Å². The molecule has 0 fully saturated rings. The van der Waals surface area contributed by atoms with E-state index >= 15 is 0 Å². The minimum atomic E-state index is -0.213. The maximum absolute atomic E-state index is 13.0. The average molecular weight is 260 g/mol. The summed E-state index contributed by atoms with van der Waals surface area (Å²) >= 11 is 0.